The van der Waals surface area contributed by atoms with Gasteiger partial charge in [-0.3, -0.25) is 0 Å². The number of nitrogens with zero attached hydrogens (tertiary/aromatic N) is 3. The molecule has 1 N–H and O–H groups in total. The second kappa shape index (κ2) is 8.61. The molecule has 1 aromatic heterocycles. The summed E-state index contributed by atoms with van der Waals surface area (Å²) >= 11 is 0. The molecular weight excluding hydrogens is 472 g/mol. The standard InChI is InChI=1S/C21H28BF3N4O4S/c1-19(2)20(3,4)33-22(32-19)15-8-14(21(23,24)25)9-18(10-15)34(30,31)28-16-6-5-7-17(11-16)29-12-26-27-13-29/h8-10,12-13,16-17,28H,5-7,11H2,1-4H3/t16?,17-/m1/s1. The molecule has 2 atom stereocenters. The summed E-state index contributed by atoms with van der Waals surface area (Å²) in [6, 6.07) is 2.31. The maximum absolute atomic E-state index is 13.7. The van der Waals surface area contributed by atoms with Crippen LogP contribution in [0.3, 0.4) is 0 Å². The Bertz CT molecular complexity index is 1120. The van der Waals surface area contributed by atoms with Gasteiger partial charge in [-0.1, -0.05) is 6.07 Å². The molecule has 0 radical (unpaired) electrons. The molecule has 0 bridgehead atoms. The molecule has 34 heavy (non-hydrogen) atoms. The smallest absolute Gasteiger partial charge is 0.399 e. The lowest BCUT2D eigenvalue weighted by molar-refractivity contribution is -0.137. The van der Waals surface area contributed by atoms with Crippen LogP contribution < -0.4 is 10.2 Å². The van der Waals surface area contributed by atoms with Crippen molar-refractivity contribution in [2.24, 2.45) is 0 Å². The van der Waals surface area contributed by atoms with Gasteiger partial charge in [0.05, 0.1) is 21.7 Å². The first-order valence-electron chi connectivity index (χ1n) is 11.1. The van der Waals surface area contributed by atoms with Crippen LogP contribution >= 0.6 is 0 Å². The van der Waals surface area contributed by atoms with Gasteiger partial charge < -0.3 is 13.9 Å². The molecule has 0 spiro atoms. The SMILES string of the molecule is CC1(C)OB(c2cc(C(F)(F)F)cc(S(=O)(=O)NC3CCC[C@@H](n4cnnc4)C3)c2)OC1(C)C. The first kappa shape index (κ1) is 25.1. The Hall–Kier alpha value is -1.96. The van der Waals surface area contributed by atoms with E-state index in [0.717, 1.165) is 18.9 Å². The molecule has 2 aromatic rings. The fourth-order valence-corrected chi connectivity index (χ4v) is 5.65. The Morgan fingerprint density at radius 3 is 2.26 bits per heavy atom. The molecule has 8 nitrogen and oxygen atoms in total. The molecule has 1 aliphatic heterocycles. The van der Waals surface area contributed by atoms with Gasteiger partial charge in [0.1, 0.15) is 12.7 Å². The number of rotatable bonds is 5. The van der Waals surface area contributed by atoms with Crippen molar-refractivity contribution in [3.8, 4) is 0 Å². The van der Waals surface area contributed by atoms with Crippen LogP contribution in [0, 0.1) is 0 Å². The van der Waals surface area contributed by atoms with E-state index >= 15 is 0 Å². The van der Waals surface area contributed by atoms with Crippen LogP contribution in [-0.4, -0.2) is 47.5 Å². The Kier molecular flexibility index (Phi) is 6.37. The summed E-state index contributed by atoms with van der Waals surface area (Å²) in [7, 11) is -5.38. The molecule has 1 aromatic carbocycles. The van der Waals surface area contributed by atoms with Crippen molar-refractivity contribution in [3.05, 3.63) is 36.4 Å². The van der Waals surface area contributed by atoms with Crippen LogP contribution in [0.15, 0.2) is 35.7 Å². The Morgan fingerprint density at radius 2 is 1.68 bits per heavy atom. The van der Waals surface area contributed by atoms with Gasteiger partial charge in [0.25, 0.3) is 0 Å². The fourth-order valence-electron chi connectivity index (χ4n) is 4.28. The van der Waals surface area contributed by atoms with Gasteiger partial charge in [0.15, 0.2) is 0 Å². The zero-order valence-electron chi connectivity index (χ0n) is 19.5. The average molecular weight is 500 g/mol. The highest BCUT2D eigenvalue weighted by molar-refractivity contribution is 7.89. The quantitative estimate of drug-likeness (QED) is 0.635. The lowest BCUT2D eigenvalue weighted by atomic mass is 9.78. The molecule has 1 saturated heterocycles. The van der Waals surface area contributed by atoms with E-state index in [-0.39, 0.29) is 11.5 Å². The van der Waals surface area contributed by atoms with Crippen molar-refractivity contribution in [2.75, 3.05) is 0 Å². The second-order valence-electron chi connectivity index (χ2n) is 9.92. The second-order valence-corrected chi connectivity index (χ2v) is 11.6. The summed E-state index contributed by atoms with van der Waals surface area (Å²) in [5, 5.41) is 7.58. The summed E-state index contributed by atoms with van der Waals surface area (Å²) in [6.07, 6.45) is 1.08. The Balaban J connectivity index is 1.63. The molecule has 2 fully saturated rings. The third-order valence-corrected chi connectivity index (χ3v) is 8.42. The lowest BCUT2D eigenvalue weighted by Gasteiger charge is -2.32. The fraction of sp³-hybridized carbons (Fsp3) is 0.619. The zero-order valence-corrected chi connectivity index (χ0v) is 20.3. The minimum Gasteiger partial charge on any atom is -0.399 e. The molecule has 1 aliphatic carbocycles. The number of benzene rings is 1. The van der Waals surface area contributed by atoms with E-state index in [4.69, 9.17) is 9.31 Å². The molecular formula is C21H28BF3N4O4S. The first-order valence-corrected chi connectivity index (χ1v) is 12.6. The summed E-state index contributed by atoms with van der Waals surface area (Å²) < 4.78 is 83.6. The van der Waals surface area contributed by atoms with Gasteiger partial charge in [-0.05, 0) is 71.0 Å². The van der Waals surface area contributed by atoms with Crippen molar-refractivity contribution in [1.29, 1.82) is 0 Å². The molecule has 2 aliphatic rings. The highest BCUT2D eigenvalue weighted by Gasteiger charge is 2.52. The largest absolute Gasteiger partial charge is 0.494 e. The predicted molar refractivity (Wildman–Crippen MR) is 119 cm³/mol. The average Bonchev–Trinajstić information content (AvgIpc) is 3.33. The van der Waals surface area contributed by atoms with E-state index in [2.05, 4.69) is 14.9 Å². The van der Waals surface area contributed by atoms with E-state index in [1.54, 1.807) is 40.3 Å². The minimum atomic E-state index is -4.74. The van der Waals surface area contributed by atoms with E-state index in [9.17, 15) is 21.6 Å². The Labute approximate surface area is 197 Å². The van der Waals surface area contributed by atoms with Crippen molar-refractivity contribution in [2.45, 2.75) is 87.7 Å². The maximum Gasteiger partial charge on any atom is 0.494 e. The van der Waals surface area contributed by atoms with E-state index < -0.39 is 51.0 Å². The number of aromatic nitrogens is 3. The first-order chi connectivity index (χ1) is 15.7. The van der Waals surface area contributed by atoms with Crippen molar-refractivity contribution in [1.82, 2.24) is 19.5 Å². The third-order valence-electron chi connectivity index (χ3n) is 6.92. The third kappa shape index (κ3) is 5.02. The number of nitrogens with one attached hydrogen (secondary N) is 1. The maximum atomic E-state index is 13.7. The van der Waals surface area contributed by atoms with Crippen LogP contribution in [0.25, 0.3) is 0 Å². The monoisotopic (exact) mass is 500 g/mol. The van der Waals surface area contributed by atoms with E-state index in [1.165, 1.54) is 6.07 Å². The highest BCUT2D eigenvalue weighted by atomic mass is 32.2. The number of sulfonamides is 1. The summed E-state index contributed by atoms with van der Waals surface area (Å²) in [6.45, 7) is 7.09. The molecule has 13 heteroatoms. The van der Waals surface area contributed by atoms with Gasteiger partial charge >= 0.3 is 13.3 Å². The van der Waals surface area contributed by atoms with E-state index in [1.807, 2.05) is 4.57 Å². The van der Waals surface area contributed by atoms with Gasteiger partial charge in [0, 0.05) is 12.1 Å². The summed E-state index contributed by atoms with van der Waals surface area (Å²) in [5.74, 6) is 0. The molecule has 4 rings (SSSR count). The molecule has 1 saturated carbocycles. The van der Waals surface area contributed by atoms with Gasteiger partial charge in [-0.15, -0.1) is 10.2 Å². The van der Waals surface area contributed by atoms with Crippen LogP contribution in [0.2, 0.25) is 0 Å². The number of hydrogen-bond acceptors (Lipinski definition) is 6. The van der Waals surface area contributed by atoms with Crippen molar-refractivity contribution < 1.29 is 30.9 Å². The van der Waals surface area contributed by atoms with Gasteiger partial charge in [-0.25, -0.2) is 13.1 Å². The predicted octanol–water partition coefficient (Wildman–Crippen LogP) is 3.06. The number of hydrogen-bond donors (Lipinski definition) is 1. The minimum absolute atomic E-state index is 0.000129. The highest BCUT2D eigenvalue weighted by Crippen LogP contribution is 2.38. The van der Waals surface area contributed by atoms with Crippen LogP contribution in [0.5, 0.6) is 0 Å². The zero-order chi connectivity index (χ0) is 24.9. The number of halogens is 3. The normalized spacial score (nSPS) is 25.0. The summed E-state index contributed by atoms with van der Waals surface area (Å²) in [4.78, 5) is -0.474. The molecule has 0 amide bonds. The topological polar surface area (TPSA) is 95.3 Å². The van der Waals surface area contributed by atoms with Gasteiger partial charge in [0.2, 0.25) is 10.0 Å². The van der Waals surface area contributed by atoms with E-state index in [0.29, 0.717) is 18.9 Å². The van der Waals surface area contributed by atoms with Crippen LogP contribution in [-0.2, 0) is 25.5 Å². The van der Waals surface area contributed by atoms with Crippen LogP contribution in [0.1, 0.15) is 65.0 Å². The molecule has 2 heterocycles. The van der Waals surface area contributed by atoms with Crippen molar-refractivity contribution in [3.63, 3.8) is 0 Å². The number of alkyl halides is 3. The van der Waals surface area contributed by atoms with Crippen LogP contribution in [0.4, 0.5) is 13.2 Å². The van der Waals surface area contributed by atoms with Gasteiger partial charge in [-0.2, -0.15) is 13.2 Å². The summed E-state index contributed by atoms with van der Waals surface area (Å²) in [5.41, 5.74) is -2.66. The molecule has 186 valence electrons. The Morgan fingerprint density at radius 1 is 1.06 bits per heavy atom. The lowest BCUT2D eigenvalue weighted by Crippen LogP contribution is -2.41. The molecule has 1 unspecified atom stereocenters. The van der Waals surface area contributed by atoms with Crippen molar-refractivity contribution >= 4 is 22.6 Å².